The van der Waals surface area contributed by atoms with Crippen LogP contribution in [0, 0.1) is 0 Å². The molecule has 2 heteroatoms. The molecule has 0 N–H and O–H groups in total. The van der Waals surface area contributed by atoms with E-state index in [9.17, 15) is 0 Å². The summed E-state index contributed by atoms with van der Waals surface area (Å²) in [4.78, 5) is 0. The fourth-order valence-electron chi connectivity index (χ4n) is 1.30. The maximum atomic E-state index is 2.33. The van der Waals surface area contributed by atoms with E-state index in [-0.39, 0.29) is 17.0 Å². The van der Waals surface area contributed by atoms with Crippen molar-refractivity contribution in [3.05, 3.63) is 0 Å². The molecule has 0 aromatic carbocycles. The Kier molecular flexibility index (Phi) is 5.63. The van der Waals surface area contributed by atoms with Gasteiger partial charge in [-0.2, -0.15) is 0 Å². The first-order valence-electron chi connectivity index (χ1n) is 3.58. The molecule has 0 saturated carbocycles. The van der Waals surface area contributed by atoms with Crippen molar-refractivity contribution in [3.63, 3.8) is 0 Å². The molecule has 0 fully saturated rings. The summed E-state index contributed by atoms with van der Waals surface area (Å²) in [6, 6.07) is 0. The summed E-state index contributed by atoms with van der Waals surface area (Å²) in [7, 11) is 0. The molecular weight excluding hydrogens is 203 g/mol. The van der Waals surface area contributed by atoms with Gasteiger partial charge in [0.2, 0.25) is 15.2 Å². The molecule has 0 unspecified atom stereocenters. The van der Waals surface area contributed by atoms with Crippen molar-refractivity contribution in [1.29, 1.82) is 0 Å². The Morgan fingerprint density at radius 1 is 0.700 bits per heavy atom. The lowest BCUT2D eigenvalue weighted by Gasteiger charge is -2.26. The molecule has 0 spiro atoms. The van der Waals surface area contributed by atoms with E-state index in [1.807, 2.05) is 0 Å². The molecule has 0 heterocycles. The standard InChI is InChI=1S/2C4H9.Al.BrH/c2*1-4(2)3;;/h2*1-3H3;;1H. The Morgan fingerprint density at radius 2 is 0.900 bits per heavy atom. The van der Waals surface area contributed by atoms with Gasteiger partial charge < -0.3 is 0 Å². The topological polar surface area (TPSA) is 0 Å². The van der Waals surface area contributed by atoms with Crippen LogP contribution in [0.4, 0.5) is 0 Å². The summed E-state index contributed by atoms with van der Waals surface area (Å²) in [5.74, 6) is 0. The Balaban J connectivity index is 0. The Hall–Kier alpha value is 1.01. The molecule has 0 aromatic rings. The highest BCUT2D eigenvalue weighted by Gasteiger charge is 2.22. The van der Waals surface area contributed by atoms with Gasteiger partial charge in [-0.1, -0.05) is 50.1 Å². The average Bonchev–Trinajstić information content (AvgIpc) is 1.14. The van der Waals surface area contributed by atoms with Crippen molar-refractivity contribution in [1.82, 2.24) is 0 Å². The second kappa shape index (κ2) is 4.14. The molecule has 10 heavy (non-hydrogen) atoms. The molecular formula is C8H19AlBr. The van der Waals surface area contributed by atoms with E-state index in [1.54, 1.807) is 0 Å². The van der Waals surface area contributed by atoms with Crippen molar-refractivity contribution in [2.75, 3.05) is 0 Å². The highest BCUT2D eigenvalue weighted by atomic mass is 79.9. The first-order chi connectivity index (χ1) is 3.71. The molecule has 0 bridgehead atoms. The van der Waals surface area contributed by atoms with Gasteiger partial charge in [0.05, 0.1) is 0 Å². The molecule has 0 aliphatic rings. The molecule has 0 atom stereocenters. The third-order valence-electron chi connectivity index (χ3n) is 0.866. The Bertz CT molecular complexity index is 74.4. The number of halogens is 1. The summed E-state index contributed by atoms with van der Waals surface area (Å²) >= 11 is 0.569. The smallest absolute Gasteiger partial charge is 0.114 e. The minimum Gasteiger partial charge on any atom is -0.114 e. The lowest BCUT2D eigenvalue weighted by molar-refractivity contribution is 0.668. The molecule has 1 radical (unpaired) electrons. The largest absolute Gasteiger partial charge is 0.218 e. The number of rotatable bonds is 0. The third-order valence-corrected chi connectivity index (χ3v) is 2.60. The van der Waals surface area contributed by atoms with Gasteiger partial charge in [0.15, 0.2) is 0 Å². The van der Waals surface area contributed by atoms with E-state index in [1.165, 1.54) is 0 Å². The zero-order chi connectivity index (χ0) is 7.71. The monoisotopic (exact) mass is 221 g/mol. The maximum absolute atomic E-state index is 2.33. The summed E-state index contributed by atoms with van der Waals surface area (Å²) in [5, 5.41) is 0. The molecule has 0 saturated heterocycles. The van der Waals surface area contributed by atoms with Crippen LogP contribution in [0.3, 0.4) is 0 Å². The summed E-state index contributed by atoms with van der Waals surface area (Å²) in [6.45, 7) is 14.0. The number of hydrogen-bond donors (Lipinski definition) is 0. The van der Waals surface area contributed by atoms with Crippen LogP contribution in [0.1, 0.15) is 41.5 Å². The Labute approximate surface area is 82.3 Å². The number of hydrogen-bond acceptors (Lipinski definition) is 0. The van der Waals surface area contributed by atoms with Gasteiger partial charge in [0, 0.05) is 0 Å². The van der Waals surface area contributed by atoms with Crippen molar-refractivity contribution < 1.29 is 0 Å². The van der Waals surface area contributed by atoms with Gasteiger partial charge in [-0.25, -0.2) is 0 Å². The van der Waals surface area contributed by atoms with Gasteiger partial charge in [0.25, 0.3) is 0 Å². The lowest BCUT2D eigenvalue weighted by atomic mass is 10.2. The van der Waals surface area contributed by atoms with Gasteiger partial charge >= 0.3 is 0 Å². The van der Waals surface area contributed by atoms with E-state index in [0.29, 0.717) is 23.8 Å². The molecule has 0 nitrogen and oxygen atoms in total. The van der Waals surface area contributed by atoms with Crippen LogP contribution < -0.4 is 0 Å². The van der Waals surface area contributed by atoms with Crippen LogP contribution in [0.2, 0.25) is 8.55 Å². The van der Waals surface area contributed by atoms with Crippen molar-refractivity contribution in [3.8, 4) is 0 Å². The van der Waals surface area contributed by atoms with Gasteiger partial charge in [-0.05, 0) is 0 Å². The van der Waals surface area contributed by atoms with Crippen molar-refractivity contribution >= 4 is 32.2 Å². The minimum absolute atomic E-state index is 0. The maximum Gasteiger partial charge on any atom is 0.218 e. The predicted molar refractivity (Wildman–Crippen MR) is 55.5 cm³/mol. The van der Waals surface area contributed by atoms with E-state index in [2.05, 4.69) is 41.5 Å². The van der Waals surface area contributed by atoms with E-state index in [4.69, 9.17) is 0 Å². The second-order valence-electron chi connectivity index (χ2n) is 4.88. The van der Waals surface area contributed by atoms with E-state index in [0.717, 1.165) is 0 Å². The molecule has 0 aliphatic carbocycles. The quantitative estimate of drug-likeness (QED) is 0.548. The van der Waals surface area contributed by atoms with E-state index < -0.39 is 0 Å². The molecule has 0 aliphatic heterocycles. The molecule has 0 amide bonds. The fourth-order valence-corrected chi connectivity index (χ4v) is 3.90. The molecule has 0 rings (SSSR count). The first-order valence-corrected chi connectivity index (χ1v) is 4.73. The van der Waals surface area contributed by atoms with Gasteiger partial charge in [0.1, 0.15) is 0 Å². The molecule has 61 valence electrons. The van der Waals surface area contributed by atoms with Crippen molar-refractivity contribution in [2.24, 2.45) is 0 Å². The molecule has 0 aromatic heterocycles. The average molecular weight is 222 g/mol. The van der Waals surface area contributed by atoms with E-state index >= 15 is 0 Å². The van der Waals surface area contributed by atoms with Crippen LogP contribution in [0.25, 0.3) is 0 Å². The highest BCUT2D eigenvalue weighted by molar-refractivity contribution is 8.93. The fraction of sp³-hybridized carbons (Fsp3) is 1.00. The summed E-state index contributed by atoms with van der Waals surface area (Å²) in [5.41, 5.74) is 0. The predicted octanol–water partition coefficient (Wildman–Crippen LogP) is 3.71. The first kappa shape index (κ1) is 13.6. The lowest BCUT2D eigenvalue weighted by Crippen LogP contribution is -2.18. The van der Waals surface area contributed by atoms with Crippen LogP contribution in [0.15, 0.2) is 0 Å². The second-order valence-corrected chi connectivity index (χ2v) is 8.63. The van der Waals surface area contributed by atoms with Crippen LogP contribution in [-0.4, -0.2) is 15.2 Å². The Morgan fingerprint density at radius 3 is 0.900 bits per heavy atom. The minimum atomic E-state index is 0. The van der Waals surface area contributed by atoms with Crippen LogP contribution >= 0.6 is 17.0 Å². The zero-order valence-electron chi connectivity index (χ0n) is 7.99. The van der Waals surface area contributed by atoms with Crippen LogP contribution in [0.5, 0.6) is 0 Å². The normalized spacial score (nSPS) is 12.2. The SMILES string of the molecule is Br.C[C](C)(C)[Al][C](C)(C)C. The summed E-state index contributed by atoms with van der Waals surface area (Å²) in [6.07, 6.45) is 0. The summed E-state index contributed by atoms with van der Waals surface area (Å²) < 4.78 is 1.14. The highest BCUT2D eigenvalue weighted by Crippen LogP contribution is 2.33. The van der Waals surface area contributed by atoms with Crippen LogP contribution in [-0.2, 0) is 0 Å². The van der Waals surface area contributed by atoms with Gasteiger partial charge in [-0.15, -0.1) is 17.0 Å². The van der Waals surface area contributed by atoms with Gasteiger partial charge in [-0.3, -0.25) is 0 Å². The zero-order valence-corrected chi connectivity index (χ0v) is 10.9. The van der Waals surface area contributed by atoms with Crippen molar-refractivity contribution in [2.45, 2.75) is 50.1 Å². The third kappa shape index (κ3) is 11.8.